The van der Waals surface area contributed by atoms with Crippen LogP contribution < -0.4 is 5.73 Å². The number of ketones is 1. The van der Waals surface area contributed by atoms with Crippen LogP contribution in [-0.2, 0) is 4.79 Å². The highest BCUT2D eigenvalue weighted by Crippen LogP contribution is 2.24. The standard InChI is InChI=1S/C9H17NO.ClH/c1-2-9(11)7-5-3-4-6-8(7)10;/h7-8H,2-6,10H2,1H3;1H. The van der Waals surface area contributed by atoms with E-state index in [4.69, 9.17) is 5.73 Å². The fourth-order valence-corrected chi connectivity index (χ4v) is 1.82. The van der Waals surface area contributed by atoms with Gasteiger partial charge in [0.25, 0.3) is 0 Å². The number of carbonyl (C=O) groups excluding carboxylic acids is 1. The van der Waals surface area contributed by atoms with Crippen molar-refractivity contribution in [2.45, 2.75) is 45.1 Å². The van der Waals surface area contributed by atoms with Crippen molar-refractivity contribution in [2.75, 3.05) is 0 Å². The van der Waals surface area contributed by atoms with Gasteiger partial charge in [-0.1, -0.05) is 19.8 Å². The number of rotatable bonds is 2. The topological polar surface area (TPSA) is 43.1 Å². The smallest absolute Gasteiger partial charge is 0.137 e. The summed E-state index contributed by atoms with van der Waals surface area (Å²) in [6.45, 7) is 1.92. The highest BCUT2D eigenvalue weighted by Gasteiger charge is 2.26. The van der Waals surface area contributed by atoms with Crippen LogP contribution in [-0.4, -0.2) is 11.8 Å². The summed E-state index contributed by atoms with van der Waals surface area (Å²) in [5.41, 5.74) is 5.83. The predicted octanol–water partition coefficient (Wildman–Crippen LogP) is 1.90. The molecule has 0 aromatic rings. The Balaban J connectivity index is 0.00000121. The van der Waals surface area contributed by atoms with E-state index in [1.807, 2.05) is 6.92 Å². The molecule has 3 heteroatoms. The predicted molar refractivity (Wildman–Crippen MR) is 52.5 cm³/mol. The van der Waals surface area contributed by atoms with Gasteiger partial charge in [-0.15, -0.1) is 12.4 Å². The van der Waals surface area contributed by atoms with Gasteiger partial charge >= 0.3 is 0 Å². The van der Waals surface area contributed by atoms with Crippen molar-refractivity contribution in [1.82, 2.24) is 0 Å². The van der Waals surface area contributed by atoms with Gasteiger partial charge in [-0.05, 0) is 12.8 Å². The maximum Gasteiger partial charge on any atom is 0.137 e. The summed E-state index contributed by atoms with van der Waals surface area (Å²) >= 11 is 0. The Bertz CT molecular complexity index is 149. The summed E-state index contributed by atoms with van der Waals surface area (Å²) in [5, 5.41) is 0. The molecule has 0 heterocycles. The van der Waals surface area contributed by atoms with Gasteiger partial charge in [0.15, 0.2) is 0 Å². The van der Waals surface area contributed by atoms with Gasteiger partial charge in [0, 0.05) is 18.4 Å². The van der Waals surface area contributed by atoms with Gasteiger partial charge in [0.05, 0.1) is 0 Å². The van der Waals surface area contributed by atoms with Crippen molar-refractivity contribution in [2.24, 2.45) is 11.7 Å². The molecule has 0 radical (unpaired) electrons. The second-order valence-electron chi connectivity index (χ2n) is 3.37. The first-order valence-corrected chi connectivity index (χ1v) is 4.54. The van der Waals surface area contributed by atoms with Crippen LogP contribution in [0.1, 0.15) is 39.0 Å². The van der Waals surface area contributed by atoms with E-state index >= 15 is 0 Å². The zero-order valence-corrected chi connectivity index (χ0v) is 8.40. The van der Waals surface area contributed by atoms with Crippen LogP contribution in [0.4, 0.5) is 0 Å². The molecule has 0 bridgehead atoms. The molecule has 1 aliphatic rings. The van der Waals surface area contributed by atoms with Crippen molar-refractivity contribution in [3.63, 3.8) is 0 Å². The Kier molecular flexibility index (Phi) is 5.51. The van der Waals surface area contributed by atoms with Crippen molar-refractivity contribution in [3.8, 4) is 0 Å². The number of carbonyl (C=O) groups is 1. The van der Waals surface area contributed by atoms with Gasteiger partial charge in [-0.2, -0.15) is 0 Å². The summed E-state index contributed by atoms with van der Waals surface area (Å²) in [7, 11) is 0. The summed E-state index contributed by atoms with van der Waals surface area (Å²) in [6, 6.07) is 0.149. The third kappa shape index (κ3) is 2.76. The van der Waals surface area contributed by atoms with E-state index in [0.29, 0.717) is 12.2 Å². The summed E-state index contributed by atoms with van der Waals surface area (Å²) in [5.74, 6) is 0.533. The molecule has 12 heavy (non-hydrogen) atoms. The molecule has 1 fully saturated rings. The quantitative estimate of drug-likeness (QED) is 0.725. The minimum Gasteiger partial charge on any atom is -0.327 e. The van der Waals surface area contributed by atoms with Crippen molar-refractivity contribution in [3.05, 3.63) is 0 Å². The molecular formula is C9H18ClNO. The van der Waals surface area contributed by atoms with Crippen LogP contribution >= 0.6 is 12.4 Å². The van der Waals surface area contributed by atoms with Crippen LogP contribution in [0, 0.1) is 5.92 Å². The van der Waals surface area contributed by atoms with Gasteiger partial charge in [-0.25, -0.2) is 0 Å². The monoisotopic (exact) mass is 191 g/mol. The first-order chi connectivity index (χ1) is 5.25. The van der Waals surface area contributed by atoms with Crippen LogP contribution in [0.15, 0.2) is 0 Å². The Morgan fingerprint density at radius 3 is 2.50 bits per heavy atom. The SMILES string of the molecule is CCC(=O)C1CCCCC1N.Cl. The molecule has 0 saturated heterocycles. The third-order valence-electron chi connectivity index (χ3n) is 2.58. The summed E-state index contributed by atoms with van der Waals surface area (Å²) in [6.07, 6.45) is 5.10. The van der Waals surface area contributed by atoms with E-state index in [2.05, 4.69) is 0 Å². The van der Waals surface area contributed by atoms with Crippen LogP contribution in [0.5, 0.6) is 0 Å². The van der Waals surface area contributed by atoms with Crippen LogP contribution in [0.2, 0.25) is 0 Å². The fraction of sp³-hybridized carbons (Fsp3) is 0.889. The molecule has 0 spiro atoms. The fourth-order valence-electron chi connectivity index (χ4n) is 1.82. The zero-order chi connectivity index (χ0) is 8.27. The lowest BCUT2D eigenvalue weighted by Crippen LogP contribution is -2.37. The second-order valence-corrected chi connectivity index (χ2v) is 3.37. The lowest BCUT2D eigenvalue weighted by molar-refractivity contribution is -0.123. The summed E-state index contributed by atoms with van der Waals surface area (Å²) < 4.78 is 0. The van der Waals surface area contributed by atoms with Crippen LogP contribution in [0.3, 0.4) is 0 Å². The van der Waals surface area contributed by atoms with Crippen molar-refractivity contribution < 1.29 is 4.79 Å². The largest absolute Gasteiger partial charge is 0.327 e. The summed E-state index contributed by atoms with van der Waals surface area (Å²) in [4.78, 5) is 11.3. The van der Waals surface area contributed by atoms with Gasteiger partial charge in [-0.3, -0.25) is 4.79 Å². The van der Waals surface area contributed by atoms with Crippen LogP contribution in [0.25, 0.3) is 0 Å². The number of hydrogen-bond donors (Lipinski definition) is 1. The number of Topliss-reactive ketones (excluding diaryl/α,β-unsaturated/α-hetero) is 1. The maximum absolute atomic E-state index is 11.3. The lowest BCUT2D eigenvalue weighted by Gasteiger charge is -2.26. The highest BCUT2D eigenvalue weighted by molar-refractivity contribution is 5.85. The highest BCUT2D eigenvalue weighted by atomic mass is 35.5. The molecule has 0 amide bonds. The molecule has 2 nitrogen and oxygen atoms in total. The first-order valence-electron chi connectivity index (χ1n) is 4.54. The minimum absolute atomic E-state index is 0. The molecule has 2 unspecified atom stereocenters. The lowest BCUT2D eigenvalue weighted by atomic mass is 9.82. The maximum atomic E-state index is 11.3. The molecule has 0 aromatic carbocycles. The number of nitrogens with two attached hydrogens (primary N) is 1. The Morgan fingerprint density at radius 2 is 2.00 bits per heavy atom. The van der Waals surface area contributed by atoms with Gasteiger partial charge < -0.3 is 5.73 Å². The molecule has 72 valence electrons. The van der Waals surface area contributed by atoms with Gasteiger partial charge in [0.1, 0.15) is 5.78 Å². The van der Waals surface area contributed by atoms with E-state index in [1.165, 1.54) is 12.8 Å². The Hall–Kier alpha value is -0.0800. The molecule has 0 aromatic heterocycles. The zero-order valence-electron chi connectivity index (χ0n) is 7.58. The van der Waals surface area contributed by atoms with Crippen molar-refractivity contribution >= 4 is 18.2 Å². The van der Waals surface area contributed by atoms with E-state index in [1.54, 1.807) is 0 Å². The second kappa shape index (κ2) is 5.55. The normalized spacial score (nSPS) is 29.2. The van der Waals surface area contributed by atoms with Crippen molar-refractivity contribution in [1.29, 1.82) is 0 Å². The average molecular weight is 192 g/mol. The third-order valence-corrected chi connectivity index (χ3v) is 2.58. The van der Waals surface area contributed by atoms with E-state index < -0.39 is 0 Å². The Morgan fingerprint density at radius 1 is 1.42 bits per heavy atom. The molecule has 2 atom stereocenters. The number of hydrogen-bond acceptors (Lipinski definition) is 2. The molecule has 1 rings (SSSR count). The molecule has 1 aliphatic carbocycles. The van der Waals surface area contributed by atoms with Gasteiger partial charge in [0.2, 0.25) is 0 Å². The molecule has 0 aliphatic heterocycles. The average Bonchev–Trinajstić information content (AvgIpc) is 2.04. The first kappa shape index (κ1) is 11.9. The van der Waals surface area contributed by atoms with E-state index in [9.17, 15) is 4.79 Å². The van der Waals surface area contributed by atoms with E-state index in [-0.39, 0.29) is 24.4 Å². The minimum atomic E-state index is 0. The van der Waals surface area contributed by atoms with E-state index in [0.717, 1.165) is 12.8 Å². The molecule has 1 saturated carbocycles. The Labute approximate surface area is 80.3 Å². The molecule has 2 N–H and O–H groups in total. The molecular weight excluding hydrogens is 174 g/mol. The number of halogens is 1.